The Morgan fingerprint density at radius 2 is 1.92 bits per heavy atom. The van der Waals surface area contributed by atoms with Crippen molar-refractivity contribution in [2.24, 2.45) is 17.8 Å². The Balaban J connectivity index is 2.50. The first-order valence-corrected chi connectivity index (χ1v) is 5.31. The van der Waals surface area contributed by atoms with Crippen molar-refractivity contribution < 1.29 is 4.79 Å². The van der Waals surface area contributed by atoms with Crippen LogP contribution in [0.4, 0.5) is 0 Å². The van der Waals surface area contributed by atoms with Gasteiger partial charge in [-0.2, -0.15) is 0 Å². The molecule has 1 aliphatic carbocycles. The van der Waals surface area contributed by atoms with Gasteiger partial charge in [0, 0.05) is 5.92 Å². The van der Waals surface area contributed by atoms with Gasteiger partial charge in [-0.05, 0) is 44.1 Å². The number of ketones is 1. The summed E-state index contributed by atoms with van der Waals surface area (Å²) in [6, 6.07) is 0. The van der Waals surface area contributed by atoms with Gasteiger partial charge >= 0.3 is 0 Å². The highest BCUT2D eigenvalue weighted by molar-refractivity contribution is 5.91. The molecule has 1 fully saturated rings. The molecule has 1 heteroatoms. The van der Waals surface area contributed by atoms with Gasteiger partial charge in [0.2, 0.25) is 0 Å². The van der Waals surface area contributed by atoms with E-state index < -0.39 is 0 Å². The van der Waals surface area contributed by atoms with Gasteiger partial charge in [-0.3, -0.25) is 4.79 Å². The van der Waals surface area contributed by atoms with Gasteiger partial charge in [-0.1, -0.05) is 19.9 Å². The van der Waals surface area contributed by atoms with Crippen molar-refractivity contribution in [1.29, 1.82) is 0 Å². The number of rotatable bonds is 2. The van der Waals surface area contributed by atoms with Gasteiger partial charge in [0.1, 0.15) is 0 Å². The van der Waals surface area contributed by atoms with Crippen LogP contribution in [-0.4, -0.2) is 5.78 Å². The molecule has 3 unspecified atom stereocenters. The molecule has 3 atom stereocenters. The molecular formula is C12H20O. The van der Waals surface area contributed by atoms with Crippen LogP contribution in [0.15, 0.2) is 12.2 Å². The van der Waals surface area contributed by atoms with Gasteiger partial charge < -0.3 is 0 Å². The van der Waals surface area contributed by atoms with Crippen LogP contribution < -0.4 is 0 Å². The predicted octanol–water partition coefficient (Wildman–Crippen LogP) is 3.20. The Hall–Kier alpha value is -0.590. The minimum Gasteiger partial charge on any atom is -0.295 e. The first kappa shape index (κ1) is 10.5. The molecule has 0 spiro atoms. The van der Waals surface area contributed by atoms with Crippen LogP contribution in [0.25, 0.3) is 0 Å². The molecule has 1 rings (SSSR count). The molecule has 0 aromatic heterocycles. The van der Waals surface area contributed by atoms with E-state index in [9.17, 15) is 4.79 Å². The molecular weight excluding hydrogens is 160 g/mol. The van der Waals surface area contributed by atoms with E-state index in [2.05, 4.69) is 13.8 Å². The zero-order chi connectivity index (χ0) is 9.84. The van der Waals surface area contributed by atoms with Crippen LogP contribution in [0, 0.1) is 17.8 Å². The van der Waals surface area contributed by atoms with Crippen LogP contribution in [0.1, 0.15) is 40.0 Å². The quantitative estimate of drug-likeness (QED) is 0.596. The second kappa shape index (κ2) is 4.59. The Morgan fingerprint density at radius 1 is 1.23 bits per heavy atom. The molecule has 0 aliphatic heterocycles. The Labute approximate surface area is 81.2 Å². The maximum Gasteiger partial charge on any atom is 0.158 e. The molecule has 13 heavy (non-hydrogen) atoms. The second-order valence-electron chi connectivity index (χ2n) is 4.37. The van der Waals surface area contributed by atoms with E-state index in [1.807, 2.05) is 13.0 Å². The van der Waals surface area contributed by atoms with Crippen molar-refractivity contribution in [3.63, 3.8) is 0 Å². The molecule has 0 bridgehead atoms. The van der Waals surface area contributed by atoms with E-state index in [0.29, 0.717) is 17.6 Å². The third-order valence-electron chi connectivity index (χ3n) is 3.33. The zero-order valence-corrected chi connectivity index (χ0v) is 8.92. The lowest BCUT2D eigenvalue weighted by atomic mass is 9.74. The number of carbonyl (C=O) groups is 1. The molecule has 1 aliphatic rings. The second-order valence-corrected chi connectivity index (χ2v) is 4.37. The highest BCUT2D eigenvalue weighted by Crippen LogP contribution is 2.33. The Kier molecular flexibility index (Phi) is 3.71. The molecule has 0 heterocycles. The van der Waals surface area contributed by atoms with Gasteiger partial charge in [0.05, 0.1) is 0 Å². The summed E-state index contributed by atoms with van der Waals surface area (Å²) in [7, 11) is 0. The average molecular weight is 180 g/mol. The summed E-state index contributed by atoms with van der Waals surface area (Å²) in [5, 5.41) is 0. The van der Waals surface area contributed by atoms with Crippen LogP contribution in [0.3, 0.4) is 0 Å². The molecule has 0 amide bonds. The van der Waals surface area contributed by atoms with E-state index in [1.54, 1.807) is 6.08 Å². The summed E-state index contributed by atoms with van der Waals surface area (Å²) in [6.45, 7) is 6.47. The number of allylic oxidation sites excluding steroid dienone is 2. The van der Waals surface area contributed by atoms with Crippen LogP contribution in [-0.2, 0) is 4.79 Å². The SMILES string of the molecule is C/C=C/C(=O)C1CCC(C)C(C)C1. The highest BCUT2D eigenvalue weighted by atomic mass is 16.1. The van der Waals surface area contributed by atoms with Gasteiger partial charge in [0.15, 0.2) is 5.78 Å². The van der Waals surface area contributed by atoms with Gasteiger partial charge in [-0.15, -0.1) is 0 Å². The summed E-state index contributed by atoms with van der Waals surface area (Å²) in [6.07, 6.45) is 6.98. The molecule has 1 saturated carbocycles. The normalized spacial score (nSPS) is 35.2. The van der Waals surface area contributed by atoms with Crippen molar-refractivity contribution in [2.75, 3.05) is 0 Å². The molecule has 74 valence electrons. The molecule has 0 saturated heterocycles. The lowest BCUT2D eigenvalue weighted by molar-refractivity contribution is -0.119. The highest BCUT2D eigenvalue weighted by Gasteiger charge is 2.27. The predicted molar refractivity (Wildman–Crippen MR) is 55.5 cm³/mol. The minimum absolute atomic E-state index is 0.308. The van der Waals surface area contributed by atoms with E-state index in [0.717, 1.165) is 18.8 Å². The third kappa shape index (κ3) is 2.68. The lowest BCUT2D eigenvalue weighted by Crippen LogP contribution is -2.25. The topological polar surface area (TPSA) is 17.1 Å². The number of hydrogen-bond acceptors (Lipinski definition) is 1. The Morgan fingerprint density at radius 3 is 2.46 bits per heavy atom. The van der Waals surface area contributed by atoms with Crippen molar-refractivity contribution in [3.05, 3.63) is 12.2 Å². The molecule has 0 aromatic carbocycles. The van der Waals surface area contributed by atoms with Crippen molar-refractivity contribution in [3.8, 4) is 0 Å². The lowest BCUT2D eigenvalue weighted by Gasteiger charge is -2.30. The van der Waals surface area contributed by atoms with E-state index >= 15 is 0 Å². The van der Waals surface area contributed by atoms with Crippen molar-refractivity contribution >= 4 is 5.78 Å². The van der Waals surface area contributed by atoms with Crippen LogP contribution in [0.2, 0.25) is 0 Å². The summed E-state index contributed by atoms with van der Waals surface area (Å²) >= 11 is 0. The monoisotopic (exact) mass is 180 g/mol. The van der Waals surface area contributed by atoms with Gasteiger partial charge in [-0.25, -0.2) is 0 Å². The fourth-order valence-electron chi connectivity index (χ4n) is 2.11. The first-order chi connectivity index (χ1) is 6.15. The maximum atomic E-state index is 11.6. The third-order valence-corrected chi connectivity index (χ3v) is 3.33. The average Bonchev–Trinajstić information content (AvgIpc) is 2.10. The molecule has 1 nitrogen and oxygen atoms in total. The zero-order valence-electron chi connectivity index (χ0n) is 8.92. The smallest absolute Gasteiger partial charge is 0.158 e. The number of hydrogen-bond donors (Lipinski definition) is 0. The van der Waals surface area contributed by atoms with Crippen molar-refractivity contribution in [1.82, 2.24) is 0 Å². The van der Waals surface area contributed by atoms with E-state index in [4.69, 9.17) is 0 Å². The van der Waals surface area contributed by atoms with Crippen molar-refractivity contribution in [2.45, 2.75) is 40.0 Å². The summed E-state index contributed by atoms with van der Waals surface area (Å²) in [5.74, 6) is 2.16. The summed E-state index contributed by atoms with van der Waals surface area (Å²) in [5.41, 5.74) is 0. The van der Waals surface area contributed by atoms with E-state index in [-0.39, 0.29) is 0 Å². The first-order valence-electron chi connectivity index (χ1n) is 5.31. The fraction of sp³-hybridized carbons (Fsp3) is 0.750. The van der Waals surface area contributed by atoms with E-state index in [1.165, 1.54) is 6.42 Å². The largest absolute Gasteiger partial charge is 0.295 e. The number of carbonyl (C=O) groups excluding carboxylic acids is 1. The standard InChI is InChI=1S/C12H20O/c1-4-5-12(13)11-7-6-9(2)10(3)8-11/h4-5,9-11H,6-8H2,1-3H3/b5-4+. The van der Waals surface area contributed by atoms with Gasteiger partial charge in [0.25, 0.3) is 0 Å². The summed E-state index contributed by atoms with van der Waals surface area (Å²) in [4.78, 5) is 11.6. The van der Waals surface area contributed by atoms with Crippen LogP contribution >= 0.6 is 0 Å². The summed E-state index contributed by atoms with van der Waals surface area (Å²) < 4.78 is 0. The molecule has 0 aromatic rings. The molecule has 0 N–H and O–H groups in total. The fourth-order valence-corrected chi connectivity index (χ4v) is 2.11. The minimum atomic E-state index is 0.308. The van der Waals surface area contributed by atoms with Crippen LogP contribution in [0.5, 0.6) is 0 Å². The molecule has 0 radical (unpaired) electrons. The Bertz CT molecular complexity index is 205. The maximum absolute atomic E-state index is 11.6.